The summed E-state index contributed by atoms with van der Waals surface area (Å²) in [5, 5.41) is 8.56. The van der Waals surface area contributed by atoms with Crippen molar-refractivity contribution in [2.75, 3.05) is 6.54 Å². The molecule has 0 unspecified atom stereocenters. The summed E-state index contributed by atoms with van der Waals surface area (Å²) in [6.07, 6.45) is -0.154. The Labute approximate surface area is 203 Å². The monoisotopic (exact) mass is 495 g/mol. The number of carbonyl (C=O) groups is 4. The number of oxime groups is 1. The van der Waals surface area contributed by atoms with Crippen LogP contribution < -0.4 is 5.32 Å². The fourth-order valence-electron chi connectivity index (χ4n) is 2.66. The molecule has 0 spiro atoms. The molecule has 1 N–H and O–H groups in total. The minimum Gasteiger partial charge on any atom is -0.460 e. The largest absolute Gasteiger partial charge is 0.460 e. The molecular weight excluding hydrogens is 462 g/mol. The third-order valence-corrected chi connectivity index (χ3v) is 5.20. The smallest absolute Gasteiger partial charge is 0.353 e. The number of esters is 2. The number of amides is 1. The molecule has 1 amide bonds. The second-order valence-corrected chi connectivity index (χ2v) is 11.4. The van der Waals surface area contributed by atoms with E-state index in [0.29, 0.717) is 11.6 Å². The Morgan fingerprint density at radius 3 is 2.21 bits per heavy atom. The van der Waals surface area contributed by atoms with Crippen molar-refractivity contribution in [1.82, 2.24) is 10.3 Å². The lowest BCUT2D eigenvalue weighted by atomic mass is 9.93. The highest BCUT2D eigenvalue weighted by molar-refractivity contribution is 7.10. The van der Waals surface area contributed by atoms with Crippen molar-refractivity contribution in [2.24, 2.45) is 11.1 Å². The molecule has 34 heavy (non-hydrogen) atoms. The first-order valence-corrected chi connectivity index (χ1v) is 11.8. The molecule has 11 heteroatoms. The molecule has 0 saturated carbocycles. The maximum absolute atomic E-state index is 13.0. The first-order valence-electron chi connectivity index (χ1n) is 10.9. The van der Waals surface area contributed by atoms with Gasteiger partial charge in [-0.1, -0.05) is 5.16 Å². The molecule has 2 heterocycles. The van der Waals surface area contributed by atoms with Crippen molar-refractivity contribution < 1.29 is 33.5 Å². The summed E-state index contributed by atoms with van der Waals surface area (Å²) in [5.74, 6) is -2.25. The Kier molecular flexibility index (Phi) is 8.23. The van der Waals surface area contributed by atoms with Gasteiger partial charge in [-0.15, -0.1) is 11.3 Å². The van der Waals surface area contributed by atoms with Gasteiger partial charge in [-0.2, -0.15) is 0 Å². The Morgan fingerprint density at radius 1 is 1.09 bits per heavy atom. The van der Waals surface area contributed by atoms with E-state index in [1.807, 2.05) is 0 Å². The maximum Gasteiger partial charge on any atom is 0.353 e. The van der Waals surface area contributed by atoms with Crippen molar-refractivity contribution in [3.8, 4) is 0 Å². The molecule has 0 aromatic carbocycles. The van der Waals surface area contributed by atoms with Gasteiger partial charge >= 0.3 is 11.9 Å². The number of ether oxygens (including phenoxy) is 2. The van der Waals surface area contributed by atoms with Crippen LogP contribution in [0.4, 0.5) is 0 Å². The second-order valence-electron chi connectivity index (χ2n) is 10.5. The minimum atomic E-state index is -1.48. The highest BCUT2D eigenvalue weighted by atomic mass is 32.1. The fourth-order valence-corrected chi connectivity index (χ4v) is 3.42. The van der Waals surface area contributed by atoms with E-state index in [4.69, 9.17) is 14.3 Å². The number of β-lactam (4-membered cyclic amide) rings is 1. The van der Waals surface area contributed by atoms with Gasteiger partial charge in [0.1, 0.15) is 21.9 Å². The quantitative estimate of drug-likeness (QED) is 0.239. The van der Waals surface area contributed by atoms with E-state index in [-0.39, 0.29) is 30.2 Å². The molecule has 1 aliphatic rings. The molecule has 1 saturated heterocycles. The van der Waals surface area contributed by atoms with E-state index in [9.17, 15) is 19.2 Å². The zero-order valence-electron chi connectivity index (χ0n) is 20.9. The van der Waals surface area contributed by atoms with Crippen molar-refractivity contribution in [2.45, 2.75) is 85.0 Å². The van der Waals surface area contributed by atoms with Crippen molar-refractivity contribution in [3.05, 3.63) is 16.1 Å². The lowest BCUT2D eigenvalue weighted by Gasteiger charge is -2.27. The number of hydrogen-bond acceptors (Lipinski definition) is 10. The number of ketones is 1. The highest BCUT2D eigenvalue weighted by Gasteiger charge is 2.37. The van der Waals surface area contributed by atoms with Crippen molar-refractivity contribution in [1.29, 1.82) is 0 Å². The normalized spacial score (nSPS) is 16.9. The van der Waals surface area contributed by atoms with Crippen LogP contribution in [0.3, 0.4) is 0 Å². The number of Topliss-reactive ketones (excluding diaryl/α,β-unsaturated/α-hetero) is 1. The summed E-state index contributed by atoms with van der Waals surface area (Å²) in [5.41, 5.74) is -2.80. The van der Waals surface area contributed by atoms with Crippen LogP contribution in [0.1, 0.15) is 72.5 Å². The summed E-state index contributed by atoms with van der Waals surface area (Å²) < 4.78 is 10.7. The number of hydrogen-bond donors (Lipinski definition) is 1. The molecule has 2 rings (SSSR count). The number of nitrogens with one attached hydrogen (secondary N) is 1. The molecule has 0 aliphatic carbocycles. The molecule has 1 atom stereocenters. The summed E-state index contributed by atoms with van der Waals surface area (Å²) in [6, 6.07) is 0. The highest BCUT2D eigenvalue weighted by Crippen LogP contribution is 2.21. The zero-order valence-corrected chi connectivity index (χ0v) is 21.8. The summed E-state index contributed by atoms with van der Waals surface area (Å²) in [4.78, 5) is 59.1. The van der Waals surface area contributed by atoms with E-state index >= 15 is 0 Å². The van der Waals surface area contributed by atoms with E-state index in [0.717, 1.165) is 11.3 Å². The lowest BCUT2D eigenvalue weighted by molar-refractivity contribution is -0.179. The van der Waals surface area contributed by atoms with Gasteiger partial charge in [-0.05, 0) is 55.4 Å². The van der Waals surface area contributed by atoms with Gasteiger partial charge in [-0.3, -0.25) is 14.4 Å². The standard InChI is InChI=1S/C23H33N3O7S/c1-21(2,3)31-17(28)10-16-25-14(12-34-16)18(15(27)9-13-11-24-19(13)29)26-33-23(7,8)20(30)32-22(4,5)6/h12-13H,9-11H2,1-8H3,(H,24,29)/b26-18-/t13-/m0/s1. The molecule has 0 bridgehead atoms. The first kappa shape index (κ1) is 27.4. The predicted molar refractivity (Wildman–Crippen MR) is 125 cm³/mol. The predicted octanol–water partition coefficient (Wildman–Crippen LogP) is 2.57. The van der Waals surface area contributed by atoms with Crippen LogP contribution >= 0.6 is 11.3 Å². The van der Waals surface area contributed by atoms with Crippen LogP contribution in [0.2, 0.25) is 0 Å². The molecule has 1 aromatic rings. The third kappa shape index (κ3) is 8.19. The SMILES string of the molecule is CC(C)(C)OC(=O)Cc1nc(/C(=N/OC(C)(C)C(=O)OC(C)(C)C)C(=O)C[C@H]2CNC2=O)cs1. The average molecular weight is 496 g/mol. The van der Waals surface area contributed by atoms with Crippen LogP contribution in [0.25, 0.3) is 0 Å². The maximum atomic E-state index is 13.0. The summed E-state index contributed by atoms with van der Waals surface area (Å²) in [7, 11) is 0. The number of rotatable bonds is 9. The lowest BCUT2D eigenvalue weighted by Crippen LogP contribution is -2.49. The Morgan fingerprint density at radius 2 is 1.71 bits per heavy atom. The molecular formula is C23H33N3O7S. The van der Waals surface area contributed by atoms with Gasteiger partial charge in [0, 0.05) is 18.3 Å². The first-order chi connectivity index (χ1) is 15.5. The van der Waals surface area contributed by atoms with Crippen molar-refractivity contribution >= 4 is 40.7 Å². The van der Waals surface area contributed by atoms with Crippen molar-refractivity contribution in [3.63, 3.8) is 0 Å². The molecule has 1 fully saturated rings. The number of carbonyl (C=O) groups excluding carboxylic acids is 4. The summed E-state index contributed by atoms with van der Waals surface area (Å²) in [6.45, 7) is 13.8. The van der Waals surface area contributed by atoms with Gasteiger partial charge in [-0.25, -0.2) is 9.78 Å². The molecule has 10 nitrogen and oxygen atoms in total. The number of aromatic nitrogens is 1. The fraction of sp³-hybridized carbons (Fsp3) is 0.652. The Balaban J connectivity index is 2.25. The van der Waals surface area contributed by atoms with Crippen LogP contribution in [0.15, 0.2) is 10.5 Å². The zero-order chi connectivity index (χ0) is 25.9. The Hall–Kier alpha value is -2.82. The molecule has 188 valence electrons. The molecule has 1 aromatic heterocycles. The van der Waals surface area contributed by atoms with Gasteiger partial charge in [0.25, 0.3) is 0 Å². The van der Waals surface area contributed by atoms with Gasteiger partial charge < -0.3 is 19.6 Å². The second kappa shape index (κ2) is 10.2. The summed E-state index contributed by atoms with van der Waals surface area (Å²) >= 11 is 1.16. The van der Waals surface area contributed by atoms with Crippen LogP contribution in [0, 0.1) is 5.92 Å². The van der Waals surface area contributed by atoms with Crippen LogP contribution in [0.5, 0.6) is 0 Å². The van der Waals surface area contributed by atoms with E-state index < -0.39 is 40.4 Å². The minimum absolute atomic E-state index is 0.0707. The van der Waals surface area contributed by atoms with E-state index in [1.165, 1.54) is 13.8 Å². The number of nitrogens with zero attached hydrogens (tertiary/aromatic N) is 2. The van der Waals surface area contributed by atoms with Gasteiger partial charge in [0.2, 0.25) is 11.5 Å². The van der Waals surface area contributed by atoms with Gasteiger partial charge in [0.15, 0.2) is 11.5 Å². The van der Waals surface area contributed by atoms with E-state index in [2.05, 4.69) is 15.5 Å². The Bertz CT molecular complexity index is 983. The third-order valence-electron chi connectivity index (χ3n) is 4.35. The van der Waals surface area contributed by atoms with Gasteiger partial charge in [0.05, 0.1) is 12.3 Å². The number of thiazole rings is 1. The molecule has 0 radical (unpaired) electrons. The molecule has 1 aliphatic heterocycles. The average Bonchev–Trinajstić information content (AvgIpc) is 3.09. The van der Waals surface area contributed by atoms with E-state index in [1.54, 1.807) is 46.9 Å². The van der Waals surface area contributed by atoms with Crippen LogP contribution in [-0.2, 0) is 39.9 Å². The topological polar surface area (TPSA) is 133 Å². The van der Waals surface area contributed by atoms with Crippen LogP contribution in [-0.4, -0.2) is 57.7 Å².